The summed E-state index contributed by atoms with van der Waals surface area (Å²) in [5, 5.41) is 10.3. The van der Waals surface area contributed by atoms with Gasteiger partial charge in [0.2, 0.25) is 0 Å². The van der Waals surface area contributed by atoms with Crippen LogP contribution in [0.15, 0.2) is 84.9 Å². The fraction of sp³-hybridized carbons (Fsp3) is 0.182. The maximum Gasteiger partial charge on any atom is 0.0916 e. The van der Waals surface area contributed by atoms with Gasteiger partial charge in [-0.2, -0.15) is 0 Å². The zero-order chi connectivity index (χ0) is 16.8. The van der Waals surface area contributed by atoms with Crippen LogP contribution in [0.3, 0.4) is 0 Å². The molecule has 0 aromatic heterocycles. The van der Waals surface area contributed by atoms with Crippen molar-refractivity contribution < 1.29 is 5.11 Å². The van der Waals surface area contributed by atoms with Crippen LogP contribution in [0.5, 0.6) is 0 Å². The molecule has 3 aromatic carbocycles. The summed E-state index contributed by atoms with van der Waals surface area (Å²) >= 11 is 0. The number of likely N-dealkylation sites (N-methyl/N-ethyl adjacent to an activating group) is 1. The topological polar surface area (TPSA) is 23.5 Å². The van der Waals surface area contributed by atoms with Crippen molar-refractivity contribution in [2.45, 2.75) is 12.6 Å². The number of rotatable bonds is 6. The summed E-state index contributed by atoms with van der Waals surface area (Å²) in [5.41, 5.74) is 4.67. The molecule has 2 nitrogen and oxygen atoms in total. The van der Waals surface area contributed by atoms with Gasteiger partial charge in [0.25, 0.3) is 0 Å². The first-order valence-electron chi connectivity index (χ1n) is 8.28. The smallest absolute Gasteiger partial charge is 0.0916 e. The largest absolute Gasteiger partial charge is 0.387 e. The number of benzene rings is 3. The number of hydrogen-bond acceptors (Lipinski definition) is 2. The van der Waals surface area contributed by atoms with Crippen LogP contribution in [0.4, 0.5) is 0 Å². The average molecular weight is 317 g/mol. The lowest BCUT2D eigenvalue weighted by Crippen LogP contribution is -2.24. The monoisotopic (exact) mass is 317 g/mol. The van der Waals surface area contributed by atoms with Crippen molar-refractivity contribution in [3.63, 3.8) is 0 Å². The fourth-order valence-corrected chi connectivity index (χ4v) is 2.89. The summed E-state index contributed by atoms with van der Waals surface area (Å²) in [6, 6.07) is 28.8. The molecule has 0 spiro atoms. The van der Waals surface area contributed by atoms with Gasteiger partial charge in [-0.3, -0.25) is 4.90 Å². The molecule has 0 saturated heterocycles. The second-order valence-corrected chi connectivity index (χ2v) is 6.19. The summed E-state index contributed by atoms with van der Waals surface area (Å²) in [7, 11) is 2.04. The highest BCUT2D eigenvalue weighted by molar-refractivity contribution is 5.63. The summed E-state index contributed by atoms with van der Waals surface area (Å²) < 4.78 is 0. The van der Waals surface area contributed by atoms with Crippen molar-refractivity contribution in [2.75, 3.05) is 13.6 Å². The number of aliphatic hydroxyl groups is 1. The van der Waals surface area contributed by atoms with Gasteiger partial charge in [-0.15, -0.1) is 0 Å². The molecule has 0 saturated carbocycles. The van der Waals surface area contributed by atoms with Gasteiger partial charge in [0.05, 0.1) is 6.10 Å². The number of hydrogen-bond donors (Lipinski definition) is 1. The van der Waals surface area contributed by atoms with Crippen molar-refractivity contribution in [3.05, 3.63) is 96.1 Å². The molecule has 0 fully saturated rings. The minimum Gasteiger partial charge on any atom is -0.387 e. The lowest BCUT2D eigenvalue weighted by molar-refractivity contribution is 0.124. The van der Waals surface area contributed by atoms with E-state index < -0.39 is 6.10 Å². The normalized spacial score (nSPS) is 12.3. The molecule has 24 heavy (non-hydrogen) atoms. The molecule has 1 N–H and O–H groups in total. The van der Waals surface area contributed by atoms with E-state index in [4.69, 9.17) is 0 Å². The Kier molecular flexibility index (Phi) is 5.42. The van der Waals surface area contributed by atoms with E-state index in [0.717, 1.165) is 12.1 Å². The molecule has 3 aromatic rings. The molecule has 1 atom stereocenters. The Hall–Kier alpha value is -2.42. The van der Waals surface area contributed by atoms with Gasteiger partial charge >= 0.3 is 0 Å². The number of nitrogens with zero attached hydrogens (tertiary/aromatic N) is 1. The minimum atomic E-state index is -0.459. The van der Waals surface area contributed by atoms with Gasteiger partial charge in [-0.25, -0.2) is 0 Å². The summed E-state index contributed by atoms with van der Waals surface area (Å²) in [4.78, 5) is 2.15. The first kappa shape index (κ1) is 16.4. The third kappa shape index (κ3) is 4.31. The Morgan fingerprint density at radius 1 is 0.750 bits per heavy atom. The molecule has 0 aliphatic heterocycles. The van der Waals surface area contributed by atoms with Gasteiger partial charge in [0.1, 0.15) is 0 Å². The zero-order valence-corrected chi connectivity index (χ0v) is 14.0. The van der Waals surface area contributed by atoms with Gasteiger partial charge in [0.15, 0.2) is 0 Å². The van der Waals surface area contributed by atoms with Crippen LogP contribution in [-0.2, 0) is 6.54 Å². The van der Waals surface area contributed by atoms with Crippen LogP contribution in [0.1, 0.15) is 17.2 Å². The molecule has 0 amide bonds. The van der Waals surface area contributed by atoms with Gasteiger partial charge in [0, 0.05) is 13.1 Å². The fourth-order valence-electron chi connectivity index (χ4n) is 2.89. The molecule has 3 rings (SSSR count). The summed E-state index contributed by atoms with van der Waals surface area (Å²) in [6.45, 7) is 1.43. The lowest BCUT2D eigenvalue weighted by atomic mass is 10.0. The van der Waals surface area contributed by atoms with E-state index in [-0.39, 0.29) is 0 Å². The van der Waals surface area contributed by atoms with Crippen molar-refractivity contribution in [2.24, 2.45) is 0 Å². The van der Waals surface area contributed by atoms with Crippen molar-refractivity contribution in [1.82, 2.24) is 4.90 Å². The maximum absolute atomic E-state index is 10.3. The first-order chi connectivity index (χ1) is 11.7. The Labute approximate surface area is 144 Å². The molecular weight excluding hydrogens is 294 g/mol. The van der Waals surface area contributed by atoms with E-state index in [9.17, 15) is 5.11 Å². The van der Waals surface area contributed by atoms with Gasteiger partial charge < -0.3 is 5.11 Å². The molecule has 0 unspecified atom stereocenters. The standard InChI is InChI=1S/C22H23NO/c1-23(17-22(24)21-10-6-3-7-11-21)16-18-12-14-20(15-13-18)19-8-4-2-5-9-19/h2-15,22,24H,16-17H2,1H3/t22-/m0/s1. The second-order valence-electron chi connectivity index (χ2n) is 6.19. The van der Waals surface area contributed by atoms with Crippen molar-refractivity contribution in [3.8, 4) is 11.1 Å². The van der Waals surface area contributed by atoms with Gasteiger partial charge in [-0.05, 0) is 29.3 Å². The van der Waals surface area contributed by atoms with Crippen LogP contribution < -0.4 is 0 Å². The third-order valence-electron chi connectivity index (χ3n) is 4.18. The Balaban J connectivity index is 1.59. The van der Waals surface area contributed by atoms with Crippen molar-refractivity contribution >= 4 is 0 Å². The molecule has 0 radical (unpaired) electrons. The van der Waals surface area contributed by atoms with Crippen LogP contribution >= 0.6 is 0 Å². The quantitative estimate of drug-likeness (QED) is 0.722. The Morgan fingerprint density at radius 3 is 1.92 bits per heavy atom. The maximum atomic E-state index is 10.3. The van der Waals surface area contributed by atoms with Crippen LogP contribution in [-0.4, -0.2) is 23.6 Å². The van der Waals surface area contributed by atoms with Gasteiger partial charge in [-0.1, -0.05) is 84.9 Å². The Morgan fingerprint density at radius 2 is 1.29 bits per heavy atom. The first-order valence-corrected chi connectivity index (χ1v) is 8.28. The molecule has 0 aliphatic rings. The van der Waals surface area contributed by atoms with E-state index in [1.165, 1.54) is 16.7 Å². The minimum absolute atomic E-state index is 0.459. The predicted octanol–water partition coefficient (Wildman–Crippen LogP) is 4.52. The van der Waals surface area contributed by atoms with E-state index >= 15 is 0 Å². The molecule has 0 heterocycles. The molecule has 0 aliphatic carbocycles. The third-order valence-corrected chi connectivity index (χ3v) is 4.18. The highest BCUT2D eigenvalue weighted by Crippen LogP contribution is 2.20. The molecule has 122 valence electrons. The van der Waals surface area contributed by atoms with Crippen molar-refractivity contribution in [1.29, 1.82) is 0 Å². The van der Waals surface area contributed by atoms with Crippen LogP contribution in [0.2, 0.25) is 0 Å². The molecular formula is C22H23NO. The zero-order valence-electron chi connectivity index (χ0n) is 14.0. The van der Waals surface area contributed by atoms with E-state index in [0.29, 0.717) is 6.54 Å². The van der Waals surface area contributed by atoms with Crippen LogP contribution in [0, 0.1) is 0 Å². The predicted molar refractivity (Wildman–Crippen MR) is 99.6 cm³/mol. The highest BCUT2D eigenvalue weighted by Gasteiger charge is 2.10. The Bertz CT molecular complexity index is 738. The van der Waals surface area contributed by atoms with Crippen LogP contribution in [0.25, 0.3) is 11.1 Å². The molecule has 0 bridgehead atoms. The summed E-state index contributed by atoms with van der Waals surface area (Å²) in [5.74, 6) is 0. The lowest BCUT2D eigenvalue weighted by Gasteiger charge is -2.21. The number of aliphatic hydroxyl groups excluding tert-OH is 1. The summed E-state index contributed by atoms with van der Waals surface area (Å²) in [6.07, 6.45) is -0.459. The van der Waals surface area contributed by atoms with E-state index in [1.54, 1.807) is 0 Å². The second kappa shape index (κ2) is 7.91. The average Bonchev–Trinajstić information content (AvgIpc) is 2.64. The SMILES string of the molecule is CN(Cc1ccc(-c2ccccc2)cc1)C[C@H](O)c1ccccc1. The molecule has 2 heteroatoms. The highest BCUT2D eigenvalue weighted by atomic mass is 16.3. The van der Waals surface area contributed by atoms with E-state index in [2.05, 4.69) is 53.4 Å². The van der Waals surface area contributed by atoms with E-state index in [1.807, 2.05) is 43.4 Å².